The number of urea groups is 3. The van der Waals surface area contributed by atoms with E-state index >= 15 is 0 Å². The molecular weight excluding hydrogens is 874 g/mol. The summed E-state index contributed by atoms with van der Waals surface area (Å²) in [5.74, 6) is -5.93. The van der Waals surface area contributed by atoms with Gasteiger partial charge in [0, 0.05) is 95.1 Å². The van der Waals surface area contributed by atoms with Crippen LogP contribution in [0.4, 0.5) is 24.5 Å². The molecule has 3 atom stereocenters. The monoisotopic (exact) mass is 936 g/mol. The van der Waals surface area contributed by atoms with Crippen molar-refractivity contribution in [1.82, 2.24) is 40.9 Å². The van der Waals surface area contributed by atoms with Crippen LogP contribution >= 0.6 is 0 Å². The van der Waals surface area contributed by atoms with Crippen molar-refractivity contribution in [2.75, 3.05) is 72.1 Å². The molecule has 2 fully saturated rings. The number of nitrogens with two attached hydrogens (primary N) is 3. The highest BCUT2D eigenvalue weighted by molar-refractivity contribution is 6.01. The minimum Gasteiger partial charge on any atom is -0.481 e. The van der Waals surface area contributed by atoms with Crippen LogP contribution in [0.15, 0.2) is 30.1 Å². The predicted octanol–water partition coefficient (Wildman–Crippen LogP) is -0.811. The van der Waals surface area contributed by atoms with Crippen LogP contribution in [0.5, 0.6) is 0 Å². The van der Waals surface area contributed by atoms with Gasteiger partial charge in [0.1, 0.15) is 30.0 Å². The Morgan fingerprint density at radius 1 is 0.621 bits per heavy atom. The zero-order valence-electron chi connectivity index (χ0n) is 36.8. The number of hydrogen-bond acceptors (Lipinski definition) is 11. The van der Waals surface area contributed by atoms with E-state index in [1.165, 1.54) is 11.0 Å². The number of nitrogens with one attached hydrogen (secondary N) is 4. The summed E-state index contributed by atoms with van der Waals surface area (Å²) in [6.45, 7) is 1.64. The van der Waals surface area contributed by atoms with Gasteiger partial charge < -0.3 is 72.8 Å². The van der Waals surface area contributed by atoms with Crippen LogP contribution in [0.3, 0.4) is 0 Å². The SMILES string of the molecule is N/C(=C\[NH2+]c1cc(C(=O)N2CCN(C(=O)NCCCC[C@H](NC(=O)NC(CCC(=O)O)C(=O)O)C(=O)O)CC2)cc(C(=O)N2CCN(C(=O)NCCCC[C@H](N)C(=O)O)CC2)c1)CCCF. The van der Waals surface area contributed by atoms with Gasteiger partial charge in [-0.1, -0.05) is 0 Å². The van der Waals surface area contributed by atoms with E-state index in [-0.39, 0.29) is 114 Å². The molecule has 0 aromatic heterocycles. The van der Waals surface area contributed by atoms with Crippen molar-refractivity contribution >= 4 is 59.5 Å². The third-order valence-corrected chi connectivity index (χ3v) is 10.8. The summed E-state index contributed by atoms with van der Waals surface area (Å²) >= 11 is 0. The lowest BCUT2D eigenvalue weighted by atomic mass is 10.1. The lowest BCUT2D eigenvalue weighted by Crippen LogP contribution is -2.71. The number of benzene rings is 1. The molecule has 8 amide bonds. The lowest BCUT2D eigenvalue weighted by Gasteiger charge is -2.35. The predicted molar refractivity (Wildman–Crippen MR) is 232 cm³/mol. The van der Waals surface area contributed by atoms with E-state index < -0.39 is 73.6 Å². The smallest absolute Gasteiger partial charge is 0.326 e. The van der Waals surface area contributed by atoms with Gasteiger partial charge in [-0.2, -0.15) is 0 Å². The third-order valence-electron chi connectivity index (χ3n) is 10.8. The van der Waals surface area contributed by atoms with Gasteiger partial charge >= 0.3 is 42.0 Å². The number of unbranched alkanes of at least 4 members (excludes halogenated alkanes) is 2. The summed E-state index contributed by atoms with van der Waals surface area (Å²) in [4.78, 5) is 117. The molecular formula is C41H63FN11O13+. The molecule has 1 unspecified atom stereocenters. The molecule has 2 aliphatic heterocycles. The molecule has 0 saturated carbocycles. The minimum atomic E-state index is -1.54. The summed E-state index contributed by atoms with van der Waals surface area (Å²) in [5.41, 5.74) is 12.9. The number of carbonyl (C=O) groups is 9. The van der Waals surface area contributed by atoms with E-state index in [1.807, 2.05) is 0 Å². The zero-order chi connectivity index (χ0) is 48.8. The van der Waals surface area contributed by atoms with Crippen LogP contribution in [-0.4, -0.2) is 184 Å². The second-order valence-electron chi connectivity index (χ2n) is 15.8. The fourth-order valence-corrected chi connectivity index (χ4v) is 6.98. The summed E-state index contributed by atoms with van der Waals surface area (Å²) in [6.07, 6.45) is 3.13. The first-order valence-electron chi connectivity index (χ1n) is 21.8. The maximum atomic E-state index is 13.9. The quantitative estimate of drug-likeness (QED) is 0.0422. The fourth-order valence-electron chi connectivity index (χ4n) is 6.98. The number of carboxylic acids is 4. The Morgan fingerprint density at radius 2 is 1.08 bits per heavy atom. The Balaban J connectivity index is 1.53. The first kappa shape index (κ1) is 53.6. The molecule has 0 spiro atoms. The Labute approximate surface area is 380 Å². The number of quaternary nitrogens is 1. The fraction of sp³-hybridized carbons (Fsp3) is 0.585. The average molecular weight is 937 g/mol. The normalized spacial score (nSPS) is 15.5. The highest BCUT2D eigenvalue weighted by atomic mass is 19.1. The topological polar surface area (TPSA) is 364 Å². The van der Waals surface area contributed by atoms with Gasteiger partial charge in [0.2, 0.25) is 0 Å². The van der Waals surface area contributed by atoms with Crippen LogP contribution in [0, 0.1) is 0 Å². The Bertz CT molecular complexity index is 1910. The number of carboxylic acid groups (broad SMARTS) is 4. The number of aliphatic carboxylic acids is 4. The van der Waals surface area contributed by atoms with Crippen LogP contribution < -0.4 is 38.1 Å². The Morgan fingerprint density at radius 3 is 1.52 bits per heavy atom. The second kappa shape index (κ2) is 27.5. The van der Waals surface area contributed by atoms with Crippen molar-refractivity contribution in [2.45, 2.75) is 82.3 Å². The van der Waals surface area contributed by atoms with Crippen molar-refractivity contribution in [3.05, 3.63) is 41.2 Å². The maximum absolute atomic E-state index is 13.9. The van der Waals surface area contributed by atoms with Crippen molar-refractivity contribution in [3.8, 4) is 0 Å². The molecule has 0 radical (unpaired) electrons. The van der Waals surface area contributed by atoms with Gasteiger partial charge in [-0.3, -0.25) is 28.9 Å². The molecule has 66 heavy (non-hydrogen) atoms. The Kier molecular flexibility index (Phi) is 22.4. The first-order chi connectivity index (χ1) is 31.4. The number of hydrogen-bond donors (Lipinski definition) is 11. The maximum Gasteiger partial charge on any atom is 0.326 e. The van der Waals surface area contributed by atoms with E-state index in [0.717, 1.165) is 0 Å². The average Bonchev–Trinajstić information content (AvgIpc) is 3.29. The largest absolute Gasteiger partial charge is 0.481 e. The van der Waals surface area contributed by atoms with E-state index in [1.54, 1.807) is 38.3 Å². The molecule has 0 aliphatic carbocycles. The summed E-state index contributed by atoms with van der Waals surface area (Å²) in [6, 6.07) is -0.945. The second-order valence-corrected chi connectivity index (χ2v) is 15.8. The third kappa shape index (κ3) is 18.4. The number of rotatable bonds is 25. The van der Waals surface area contributed by atoms with Gasteiger partial charge in [-0.05, 0) is 63.9 Å². The van der Waals surface area contributed by atoms with E-state index in [9.17, 15) is 57.8 Å². The summed E-state index contributed by atoms with van der Waals surface area (Å²) in [5, 5.41) is 47.9. The molecule has 25 heteroatoms. The van der Waals surface area contributed by atoms with Crippen molar-refractivity contribution in [1.29, 1.82) is 0 Å². The summed E-state index contributed by atoms with van der Waals surface area (Å²) in [7, 11) is 0. The summed E-state index contributed by atoms with van der Waals surface area (Å²) < 4.78 is 12.8. The molecule has 3 rings (SSSR count). The standard InChI is InChI=1S/C41H62FN11O13/c42-11-5-6-28(43)25-47-29-23-26(34(56)50-14-18-52(19-15-50)40(65)45-12-3-1-7-30(44)36(58)59)22-27(24-29)35(57)51-16-20-53(21-17-51)41(66)46-13-4-2-8-31(37(60)61)48-39(64)49-32(38(62)63)9-10-33(54)55/h22-25,30-32,47H,1-21,43-44H2,(H,45,65)(H,46,66)(H,54,55)(H,58,59)(H,60,61)(H,62,63)(H2,48,49,64)/p+1/b28-25-/t30-,31-,32?/m0/s1. The number of carbonyl (C=O) groups excluding carboxylic acids is 5. The molecule has 0 bridgehead atoms. The van der Waals surface area contributed by atoms with Crippen LogP contribution in [-0.2, 0) is 19.2 Å². The number of piperazine rings is 2. The lowest BCUT2D eigenvalue weighted by molar-refractivity contribution is -0.497. The highest BCUT2D eigenvalue weighted by Crippen LogP contribution is 2.18. The number of nitrogens with zero attached hydrogens (tertiary/aromatic N) is 4. The van der Waals surface area contributed by atoms with Gasteiger partial charge in [-0.15, -0.1) is 0 Å². The van der Waals surface area contributed by atoms with E-state index in [0.29, 0.717) is 43.6 Å². The van der Waals surface area contributed by atoms with Crippen molar-refractivity contribution in [2.24, 2.45) is 11.5 Å². The molecule has 1 aromatic carbocycles. The van der Waals surface area contributed by atoms with Crippen LogP contribution in [0.25, 0.3) is 0 Å². The molecule has 14 N–H and O–H groups in total. The van der Waals surface area contributed by atoms with Crippen molar-refractivity contribution in [3.63, 3.8) is 0 Å². The van der Waals surface area contributed by atoms with Gasteiger partial charge in [-0.25, -0.2) is 24.0 Å². The van der Waals surface area contributed by atoms with Crippen LogP contribution in [0.1, 0.15) is 84.9 Å². The van der Waals surface area contributed by atoms with Gasteiger partial charge in [0.15, 0.2) is 0 Å². The first-order valence-corrected chi connectivity index (χ1v) is 21.8. The molecule has 366 valence electrons. The number of amides is 8. The number of allylic oxidation sites excluding steroid dienone is 1. The van der Waals surface area contributed by atoms with E-state index in [2.05, 4.69) is 21.3 Å². The van der Waals surface area contributed by atoms with Gasteiger partial charge in [0.05, 0.1) is 12.4 Å². The molecule has 24 nitrogen and oxygen atoms in total. The molecule has 2 aliphatic rings. The molecule has 1 aromatic rings. The van der Waals surface area contributed by atoms with Gasteiger partial charge in [0.25, 0.3) is 11.8 Å². The number of alkyl halides is 1. The van der Waals surface area contributed by atoms with Crippen molar-refractivity contribution < 1.29 is 73.3 Å². The Hall–Kier alpha value is -6.76. The van der Waals surface area contributed by atoms with Crippen LogP contribution in [0.2, 0.25) is 0 Å². The molecule has 2 saturated heterocycles. The minimum absolute atomic E-state index is 0.0472. The van der Waals surface area contributed by atoms with E-state index in [4.69, 9.17) is 21.7 Å². The molecule has 2 heterocycles. The number of halogens is 1. The highest BCUT2D eigenvalue weighted by Gasteiger charge is 2.30. The zero-order valence-corrected chi connectivity index (χ0v) is 36.8.